The van der Waals surface area contributed by atoms with Crippen LogP contribution in [0.2, 0.25) is 0 Å². The first-order valence-corrected chi connectivity index (χ1v) is 6.64. The lowest BCUT2D eigenvalue weighted by Gasteiger charge is -2.15. The van der Waals surface area contributed by atoms with Crippen LogP contribution in [-0.2, 0) is 24.1 Å². The Kier molecular flexibility index (Phi) is 2.06. The van der Waals surface area contributed by atoms with Gasteiger partial charge < -0.3 is 9.30 Å². The molecule has 0 N–H and O–H groups in total. The van der Waals surface area contributed by atoms with Gasteiger partial charge in [-0.15, -0.1) is 0 Å². The van der Waals surface area contributed by atoms with Crippen LogP contribution in [0.5, 0.6) is 0 Å². The Balaban J connectivity index is 1.94. The third kappa shape index (κ3) is 1.51. The van der Waals surface area contributed by atoms with Crippen LogP contribution in [0.4, 0.5) is 0 Å². The minimum Gasteiger partial charge on any atom is -0.371 e. The average molecular weight is 227 g/mol. The van der Waals surface area contributed by atoms with Crippen molar-refractivity contribution in [1.82, 2.24) is 4.57 Å². The summed E-state index contributed by atoms with van der Waals surface area (Å²) in [5, 5.41) is 1.47. The number of nitrogens with zero attached hydrogens (tertiary/aromatic N) is 1. The summed E-state index contributed by atoms with van der Waals surface area (Å²) < 4.78 is 7.92. The van der Waals surface area contributed by atoms with Crippen LogP contribution in [0.25, 0.3) is 10.9 Å². The molecule has 1 saturated heterocycles. The van der Waals surface area contributed by atoms with Gasteiger partial charge in [-0.1, -0.05) is 18.2 Å². The fourth-order valence-electron chi connectivity index (χ4n) is 3.17. The van der Waals surface area contributed by atoms with E-state index in [0.29, 0.717) is 6.10 Å². The van der Waals surface area contributed by atoms with Gasteiger partial charge in [0.2, 0.25) is 0 Å². The van der Waals surface area contributed by atoms with Crippen LogP contribution in [0, 0.1) is 0 Å². The van der Waals surface area contributed by atoms with Crippen LogP contribution in [0.3, 0.4) is 0 Å². The van der Waals surface area contributed by atoms with Crippen molar-refractivity contribution in [3.05, 3.63) is 35.5 Å². The second kappa shape index (κ2) is 3.61. The van der Waals surface area contributed by atoms with E-state index in [-0.39, 0.29) is 0 Å². The number of ether oxygens (including phenoxy) is 1. The van der Waals surface area contributed by atoms with Gasteiger partial charge in [-0.3, -0.25) is 0 Å². The van der Waals surface area contributed by atoms with Crippen molar-refractivity contribution in [1.29, 1.82) is 0 Å². The molecule has 0 radical (unpaired) electrons. The maximum absolute atomic E-state index is 5.40. The Morgan fingerprint density at radius 3 is 2.88 bits per heavy atom. The second-order valence-electron chi connectivity index (χ2n) is 5.22. The van der Waals surface area contributed by atoms with Gasteiger partial charge >= 0.3 is 0 Å². The van der Waals surface area contributed by atoms with Gasteiger partial charge in [-0.05, 0) is 37.3 Å². The smallest absolute Gasteiger partial charge is 0.0988 e. The van der Waals surface area contributed by atoms with Crippen molar-refractivity contribution < 1.29 is 4.74 Å². The van der Waals surface area contributed by atoms with Crippen LogP contribution in [0.1, 0.15) is 24.1 Å². The summed E-state index contributed by atoms with van der Waals surface area (Å²) in [5.41, 5.74) is 4.59. The van der Waals surface area contributed by atoms with Crippen molar-refractivity contribution in [2.24, 2.45) is 0 Å². The van der Waals surface area contributed by atoms with Gasteiger partial charge in [0.25, 0.3) is 0 Å². The van der Waals surface area contributed by atoms with E-state index in [2.05, 4.69) is 28.8 Å². The van der Waals surface area contributed by atoms with Gasteiger partial charge in [0, 0.05) is 16.6 Å². The predicted molar refractivity (Wildman–Crippen MR) is 68.3 cm³/mol. The Morgan fingerprint density at radius 2 is 2.00 bits per heavy atom. The fourth-order valence-corrected chi connectivity index (χ4v) is 3.17. The lowest BCUT2D eigenvalue weighted by atomic mass is 9.95. The third-order valence-electron chi connectivity index (χ3n) is 4.07. The maximum atomic E-state index is 5.40. The number of fused-ring (bicyclic) bond motifs is 3. The highest BCUT2D eigenvalue weighted by Gasteiger charge is 2.27. The number of aryl methyl sites for hydroxylation is 1. The molecule has 2 heterocycles. The molecule has 0 saturated carbocycles. The monoisotopic (exact) mass is 227 g/mol. The van der Waals surface area contributed by atoms with Crippen LogP contribution in [0.15, 0.2) is 24.3 Å². The van der Waals surface area contributed by atoms with Crippen molar-refractivity contribution in [3.63, 3.8) is 0 Å². The van der Waals surface area contributed by atoms with Crippen LogP contribution in [-0.4, -0.2) is 17.3 Å². The molecular weight excluding hydrogens is 210 g/mol. The van der Waals surface area contributed by atoms with E-state index in [9.17, 15) is 0 Å². The third-order valence-corrected chi connectivity index (χ3v) is 4.07. The van der Waals surface area contributed by atoms with Gasteiger partial charge in [0.1, 0.15) is 0 Å². The first kappa shape index (κ1) is 9.72. The zero-order valence-electron chi connectivity index (χ0n) is 9.98. The van der Waals surface area contributed by atoms with Crippen molar-refractivity contribution in [2.75, 3.05) is 6.61 Å². The first-order chi connectivity index (χ1) is 8.43. The molecule has 88 valence electrons. The molecule has 2 nitrogen and oxygen atoms in total. The molecule has 1 fully saturated rings. The zero-order valence-corrected chi connectivity index (χ0v) is 9.98. The number of hydrogen-bond acceptors (Lipinski definition) is 1. The SMILES string of the molecule is c1ccc2c(c1)c1c(n2CC2CO2)CCCC1. The molecule has 0 spiro atoms. The van der Waals surface area contributed by atoms with E-state index in [0.717, 1.165) is 13.2 Å². The van der Waals surface area contributed by atoms with Crippen LogP contribution >= 0.6 is 0 Å². The van der Waals surface area contributed by atoms with Gasteiger partial charge in [0.15, 0.2) is 0 Å². The topological polar surface area (TPSA) is 17.5 Å². The Labute approximate surface area is 101 Å². The van der Waals surface area contributed by atoms with E-state index in [1.807, 2.05) is 0 Å². The Morgan fingerprint density at radius 1 is 1.18 bits per heavy atom. The second-order valence-corrected chi connectivity index (χ2v) is 5.22. The Hall–Kier alpha value is -1.28. The largest absolute Gasteiger partial charge is 0.371 e. The molecule has 1 aromatic heterocycles. The summed E-state index contributed by atoms with van der Waals surface area (Å²) in [5.74, 6) is 0. The van der Waals surface area contributed by atoms with Gasteiger partial charge in [0.05, 0.1) is 19.3 Å². The molecule has 1 atom stereocenters. The summed E-state index contributed by atoms with van der Waals surface area (Å²) in [4.78, 5) is 0. The summed E-state index contributed by atoms with van der Waals surface area (Å²) in [6.07, 6.45) is 5.66. The fraction of sp³-hybridized carbons (Fsp3) is 0.467. The zero-order chi connectivity index (χ0) is 11.2. The highest BCUT2D eigenvalue weighted by molar-refractivity contribution is 5.85. The Bertz CT molecular complexity index is 566. The molecule has 2 aromatic rings. The van der Waals surface area contributed by atoms with E-state index < -0.39 is 0 Å². The summed E-state index contributed by atoms with van der Waals surface area (Å²) >= 11 is 0. The standard InChI is InChI=1S/C15H17NO/c1-3-7-14-12(5-1)13-6-2-4-8-15(13)16(14)9-11-10-17-11/h1,3,5,7,11H,2,4,6,8-10H2. The predicted octanol–water partition coefficient (Wildman–Crippen LogP) is 2.92. The first-order valence-electron chi connectivity index (χ1n) is 6.64. The molecule has 1 aliphatic carbocycles. The molecule has 0 bridgehead atoms. The number of epoxide rings is 1. The van der Waals surface area contributed by atoms with Crippen LogP contribution < -0.4 is 0 Å². The van der Waals surface area contributed by atoms with Crippen molar-refractivity contribution >= 4 is 10.9 Å². The van der Waals surface area contributed by atoms with Gasteiger partial charge in [-0.2, -0.15) is 0 Å². The lowest BCUT2D eigenvalue weighted by Crippen LogP contribution is -2.11. The lowest BCUT2D eigenvalue weighted by molar-refractivity contribution is 0.382. The molecule has 17 heavy (non-hydrogen) atoms. The van der Waals surface area contributed by atoms with Crippen molar-refractivity contribution in [3.8, 4) is 0 Å². The number of aromatic nitrogens is 1. The quantitative estimate of drug-likeness (QED) is 0.721. The van der Waals surface area contributed by atoms with E-state index in [1.165, 1.54) is 36.6 Å². The van der Waals surface area contributed by atoms with Gasteiger partial charge in [-0.25, -0.2) is 0 Å². The minimum atomic E-state index is 0.469. The average Bonchev–Trinajstić information content (AvgIpc) is 3.15. The molecule has 1 aromatic carbocycles. The highest BCUT2D eigenvalue weighted by Crippen LogP contribution is 2.33. The normalized spacial score (nSPS) is 22.7. The molecule has 1 unspecified atom stereocenters. The molecular formula is C15H17NO. The molecule has 2 aliphatic rings. The molecule has 0 amide bonds. The van der Waals surface area contributed by atoms with E-state index in [4.69, 9.17) is 4.74 Å². The van der Waals surface area contributed by atoms with E-state index in [1.54, 1.807) is 11.3 Å². The maximum Gasteiger partial charge on any atom is 0.0988 e. The highest BCUT2D eigenvalue weighted by atomic mass is 16.6. The summed E-state index contributed by atoms with van der Waals surface area (Å²) in [7, 11) is 0. The number of rotatable bonds is 2. The molecule has 1 aliphatic heterocycles. The number of benzene rings is 1. The molecule has 4 rings (SSSR count). The number of para-hydroxylation sites is 1. The van der Waals surface area contributed by atoms with E-state index >= 15 is 0 Å². The summed E-state index contributed by atoms with van der Waals surface area (Å²) in [6, 6.07) is 8.85. The number of hydrogen-bond donors (Lipinski definition) is 0. The van der Waals surface area contributed by atoms with Crippen molar-refractivity contribution in [2.45, 2.75) is 38.3 Å². The summed E-state index contributed by atoms with van der Waals surface area (Å²) in [6.45, 7) is 2.00. The minimum absolute atomic E-state index is 0.469. The molecule has 2 heteroatoms.